The van der Waals surface area contributed by atoms with Gasteiger partial charge in [-0.05, 0) is 23.8 Å². The van der Waals surface area contributed by atoms with Gasteiger partial charge in [-0.1, -0.05) is 6.07 Å². The number of hydrogen-bond donors (Lipinski definition) is 1. The van der Waals surface area contributed by atoms with Gasteiger partial charge in [-0.25, -0.2) is 9.97 Å². The zero-order chi connectivity index (χ0) is 19.1. The van der Waals surface area contributed by atoms with Gasteiger partial charge < -0.3 is 24.6 Å². The number of aromatic nitrogens is 2. The molecule has 0 unspecified atom stereocenters. The lowest BCUT2D eigenvalue weighted by molar-refractivity contribution is 0.354. The molecule has 1 saturated heterocycles. The smallest absolute Gasteiger partial charge is 0.225 e. The largest absolute Gasteiger partial charge is 0.493 e. The monoisotopic (exact) mass is 498 g/mol. The van der Waals surface area contributed by atoms with Gasteiger partial charge in [-0.15, -0.1) is 24.0 Å². The van der Waals surface area contributed by atoms with Gasteiger partial charge in [0, 0.05) is 52.2 Å². The molecule has 0 radical (unpaired) electrons. The minimum atomic E-state index is 0. The molecule has 0 aliphatic carbocycles. The van der Waals surface area contributed by atoms with Gasteiger partial charge in [0.2, 0.25) is 5.95 Å². The van der Waals surface area contributed by atoms with Crippen LogP contribution in [0.2, 0.25) is 0 Å². The first kappa shape index (κ1) is 22.0. The summed E-state index contributed by atoms with van der Waals surface area (Å²) in [6.45, 7) is 4.12. The van der Waals surface area contributed by atoms with Crippen LogP contribution in [-0.2, 0) is 6.54 Å². The fraction of sp³-hybridized carbons (Fsp3) is 0.421. The zero-order valence-electron chi connectivity index (χ0n) is 16.5. The van der Waals surface area contributed by atoms with Crippen LogP contribution in [0.25, 0.3) is 0 Å². The molecular weight excluding hydrogens is 471 g/mol. The Morgan fingerprint density at radius 1 is 1.07 bits per heavy atom. The molecule has 1 aromatic heterocycles. The van der Waals surface area contributed by atoms with E-state index in [0.717, 1.165) is 55.1 Å². The lowest BCUT2D eigenvalue weighted by Crippen LogP contribution is -2.52. The molecule has 0 atom stereocenters. The maximum atomic E-state index is 5.37. The quantitative estimate of drug-likeness (QED) is 0.384. The number of ether oxygens (including phenoxy) is 2. The lowest BCUT2D eigenvalue weighted by Gasteiger charge is -2.36. The van der Waals surface area contributed by atoms with Crippen LogP contribution in [0.4, 0.5) is 5.95 Å². The van der Waals surface area contributed by atoms with Crippen molar-refractivity contribution in [2.75, 3.05) is 52.3 Å². The Hall–Kier alpha value is -2.30. The van der Waals surface area contributed by atoms with E-state index in [1.165, 1.54) is 0 Å². The van der Waals surface area contributed by atoms with E-state index in [1.54, 1.807) is 26.6 Å². The average Bonchev–Trinajstić information content (AvgIpc) is 2.75. The summed E-state index contributed by atoms with van der Waals surface area (Å²) < 4.78 is 10.7. The normalized spacial score (nSPS) is 14.3. The summed E-state index contributed by atoms with van der Waals surface area (Å²) in [7, 11) is 5.09. The minimum Gasteiger partial charge on any atom is -0.493 e. The van der Waals surface area contributed by atoms with Crippen molar-refractivity contribution in [3.8, 4) is 11.5 Å². The molecule has 1 aliphatic heterocycles. The van der Waals surface area contributed by atoms with Crippen LogP contribution in [0.1, 0.15) is 5.56 Å². The van der Waals surface area contributed by atoms with Gasteiger partial charge in [-0.3, -0.25) is 4.99 Å². The van der Waals surface area contributed by atoms with E-state index < -0.39 is 0 Å². The number of rotatable bonds is 5. The van der Waals surface area contributed by atoms with Crippen LogP contribution < -0.4 is 19.7 Å². The second kappa shape index (κ2) is 10.9. The van der Waals surface area contributed by atoms with E-state index in [4.69, 9.17) is 9.47 Å². The summed E-state index contributed by atoms with van der Waals surface area (Å²) in [4.78, 5) is 17.5. The van der Waals surface area contributed by atoms with Crippen molar-refractivity contribution in [1.82, 2.24) is 20.2 Å². The summed E-state index contributed by atoms with van der Waals surface area (Å²) >= 11 is 0. The van der Waals surface area contributed by atoms with Crippen LogP contribution in [0.15, 0.2) is 41.7 Å². The van der Waals surface area contributed by atoms with E-state index in [1.807, 2.05) is 31.3 Å². The number of halogens is 1. The van der Waals surface area contributed by atoms with Crippen molar-refractivity contribution in [1.29, 1.82) is 0 Å². The molecule has 1 N–H and O–H groups in total. The maximum Gasteiger partial charge on any atom is 0.225 e. The molecule has 3 rings (SSSR count). The Labute approximate surface area is 183 Å². The van der Waals surface area contributed by atoms with E-state index >= 15 is 0 Å². The van der Waals surface area contributed by atoms with Crippen LogP contribution in [0.5, 0.6) is 11.5 Å². The zero-order valence-corrected chi connectivity index (χ0v) is 18.8. The van der Waals surface area contributed by atoms with Crippen LogP contribution in [0, 0.1) is 0 Å². The first-order valence-corrected chi connectivity index (χ1v) is 8.93. The Kier molecular flexibility index (Phi) is 8.55. The van der Waals surface area contributed by atoms with Gasteiger partial charge in [0.25, 0.3) is 0 Å². The molecule has 0 bridgehead atoms. The highest BCUT2D eigenvalue weighted by Gasteiger charge is 2.21. The predicted molar refractivity (Wildman–Crippen MR) is 121 cm³/mol. The maximum absolute atomic E-state index is 5.37. The Bertz CT molecular complexity index is 766. The second-order valence-electron chi connectivity index (χ2n) is 6.11. The van der Waals surface area contributed by atoms with Crippen LogP contribution >= 0.6 is 24.0 Å². The van der Waals surface area contributed by atoms with Crippen LogP contribution in [-0.4, -0.2) is 68.3 Å². The summed E-state index contributed by atoms with van der Waals surface area (Å²) in [6, 6.07) is 7.74. The predicted octanol–water partition coefficient (Wildman–Crippen LogP) is 2.01. The Morgan fingerprint density at radius 3 is 2.36 bits per heavy atom. The first-order chi connectivity index (χ1) is 13.2. The number of nitrogens with zero attached hydrogens (tertiary/aromatic N) is 5. The van der Waals surface area contributed by atoms with Crippen molar-refractivity contribution in [2.45, 2.75) is 6.54 Å². The molecule has 0 saturated carbocycles. The molecule has 0 amide bonds. The minimum absolute atomic E-state index is 0. The fourth-order valence-electron chi connectivity index (χ4n) is 3.08. The fourth-order valence-corrected chi connectivity index (χ4v) is 3.08. The Morgan fingerprint density at radius 2 is 1.75 bits per heavy atom. The van der Waals surface area contributed by atoms with Crippen molar-refractivity contribution in [2.24, 2.45) is 4.99 Å². The van der Waals surface area contributed by atoms with Crippen molar-refractivity contribution in [3.63, 3.8) is 0 Å². The van der Waals surface area contributed by atoms with E-state index in [2.05, 4.69) is 30.1 Å². The highest BCUT2D eigenvalue weighted by Crippen LogP contribution is 2.27. The third-order valence-electron chi connectivity index (χ3n) is 4.52. The summed E-state index contributed by atoms with van der Waals surface area (Å²) in [5.74, 6) is 3.12. The topological polar surface area (TPSA) is 75.1 Å². The highest BCUT2D eigenvalue weighted by molar-refractivity contribution is 14.0. The molecule has 2 heterocycles. The number of methoxy groups -OCH3 is 2. The van der Waals surface area contributed by atoms with E-state index in [9.17, 15) is 0 Å². The third-order valence-corrected chi connectivity index (χ3v) is 4.52. The van der Waals surface area contributed by atoms with Gasteiger partial charge in [0.15, 0.2) is 17.5 Å². The molecule has 9 heteroatoms. The highest BCUT2D eigenvalue weighted by atomic mass is 127. The molecule has 1 aliphatic rings. The van der Waals surface area contributed by atoms with Gasteiger partial charge in [0.1, 0.15) is 0 Å². The number of piperazine rings is 1. The molecule has 1 aromatic carbocycles. The molecule has 2 aromatic rings. The number of nitrogens with one attached hydrogen (secondary N) is 1. The Balaban J connectivity index is 0.00000280. The third kappa shape index (κ3) is 5.37. The van der Waals surface area contributed by atoms with Crippen molar-refractivity contribution < 1.29 is 9.47 Å². The van der Waals surface area contributed by atoms with Crippen LogP contribution in [0.3, 0.4) is 0 Å². The molecule has 1 fully saturated rings. The van der Waals surface area contributed by atoms with E-state index in [-0.39, 0.29) is 24.0 Å². The van der Waals surface area contributed by atoms with Crippen molar-refractivity contribution >= 4 is 35.9 Å². The average molecular weight is 498 g/mol. The number of guanidine groups is 1. The van der Waals surface area contributed by atoms with E-state index in [0.29, 0.717) is 6.54 Å². The van der Waals surface area contributed by atoms with Gasteiger partial charge >= 0.3 is 0 Å². The number of aliphatic imine (C=N–C) groups is 1. The number of benzene rings is 1. The molecule has 8 nitrogen and oxygen atoms in total. The number of hydrogen-bond acceptors (Lipinski definition) is 6. The lowest BCUT2D eigenvalue weighted by atomic mass is 10.2. The second-order valence-corrected chi connectivity index (χ2v) is 6.11. The number of anilines is 1. The van der Waals surface area contributed by atoms with Gasteiger partial charge in [-0.2, -0.15) is 0 Å². The molecule has 152 valence electrons. The molecule has 28 heavy (non-hydrogen) atoms. The first-order valence-electron chi connectivity index (χ1n) is 8.93. The summed E-state index contributed by atoms with van der Waals surface area (Å²) in [5, 5.41) is 3.43. The summed E-state index contributed by atoms with van der Waals surface area (Å²) in [5.41, 5.74) is 1.10. The summed E-state index contributed by atoms with van der Waals surface area (Å²) in [6.07, 6.45) is 3.55. The SMILES string of the molecule is CN=C(NCc1ccc(OC)c(OC)c1)N1CCN(c2ncccn2)CC1.I. The standard InChI is InChI=1S/C19H26N6O2.HI/c1-20-18(23-14-15-5-6-16(26-2)17(13-15)27-3)24-9-11-25(12-10-24)19-21-7-4-8-22-19;/h4-8,13H,9-12,14H2,1-3H3,(H,20,23);1H. The van der Waals surface area contributed by atoms with Crippen molar-refractivity contribution in [3.05, 3.63) is 42.2 Å². The van der Waals surface area contributed by atoms with Gasteiger partial charge in [0.05, 0.1) is 14.2 Å². The molecular formula is C19H27IN6O2. The molecule has 0 spiro atoms.